The summed E-state index contributed by atoms with van der Waals surface area (Å²) in [5.74, 6) is 0. The molecule has 0 spiro atoms. The van der Waals surface area contributed by atoms with Gasteiger partial charge in [-0.1, -0.05) is 0 Å². The minimum absolute atomic E-state index is 1.22. The fourth-order valence-electron chi connectivity index (χ4n) is 2.84. The molecule has 0 atom stereocenters. The summed E-state index contributed by atoms with van der Waals surface area (Å²) >= 11 is -1.22. The molecule has 0 heterocycles. The quantitative estimate of drug-likeness (QED) is 0.547. The first-order valence-electron chi connectivity index (χ1n) is 7.85. The predicted molar refractivity (Wildman–Crippen MR) is 90.4 cm³/mol. The molecule has 22 heavy (non-hydrogen) atoms. The van der Waals surface area contributed by atoms with Gasteiger partial charge in [-0.3, -0.25) is 0 Å². The number of rotatable bonds is 6. The van der Waals surface area contributed by atoms with Crippen molar-refractivity contribution in [2.75, 3.05) is 0 Å². The molecule has 0 N–H and O–H groups in total. The van der Waals surface area contributed by atoms with Gasteiger partial charge in [0.1, 0.15) is 0 Å². The number of benzene rings is 3. The van der Waals surface area contributed by atoms with E-state index in [4.69, 9.17) is 0 Å². The van der Waals surface area contributed by atoms with Crippen LogP contribution in [0.15, 0.2) is 91.0 Å². The van der Waals surface area contributed by atoms with Crippen LogP contribution in [-0.2, 0) is 32.0 Å². The molecule has 0 amide bonds. The Labute approximate surface area is 139 Å². The average Bonchev–Trinajstić information content (AvgIpc) is 2.57. The molecule has 3 rings (SSSR count). The molecule has 3 aromatic rings. The molecule has 0 fully saturated rings. The van der Waals surface area contributed by atoms with E-state index in [2.05, 4.69) is 91.0 Å². The molecule has 0 aliphatic heterocycles. The van der Waals surface area contributed by atoms with E-state index in [1.165, 1.54) is 30.9 Å². The van der Waals surface area contributed by atoms with Gasteiger partial charge in [0.15, 0.2) is 0 Å². The van der Waals surface area contributed by atoms with Crippen LogP contribution in [0.5, 0.6) is 0 Å². The maximum atomic E-state index is 2.28. The molecule has 0 saturated heterocycles. The van der Waals surface area contributed by atoms with E-state index in [0.29, 0.717) is 0 Å². The van der Waals surface area contributed by atoms with Gasteiger partial charge >= 0.3 is 140 Å². The van der Waals surface area contributed by atoms with E-state index in [1.54, 1.807) is 0 Å². The zero-order valence-electron chi connectivity index (χ0n) is 12.8. The molecule has 0 saturated carbocycles. The van der Waals surface area contributed by atoms with Crippen LogP contribution < -0.4 is 0 Å². The maximum absolute atomic E-state index is 2.28. The molecule has 0 nitrogen and oxygen atoms in total. The first-order chi connectivity index (χ1) is 10.9. The Morgan fingerprint density at radius 1 is 0.409 bits per heavy atom. The second-order valence-corrected chi connectivity index (χ2v) is 9.74. The van der Waals surface area contributed by atoms with Crippen molar-refractivity contribution in [3.8, 4) is 0 Å². The zero-order chi connectivity index (χ0) is 15.0. The molecular weight excluding hydrogens is 300 g/mol. The van der Waals surface area contributed by atoms with E-state index in [9.17, 15) is 0 Å². The summed E-state index contributed by atoms with van der Waals surface area (Å²) in [5, 5.41) is 0. The Balaban J connectivity index is 1.75. The van der Waals surface area contributed by atoms with Crippen molar-refractivity contribution < 1.29 is 17.9 Å². The van der Waals surface area contributed by atoms with Gasteiger partial charge in [0, 0.05) is 0 Å². The van der Waals surface area contributed by atoms with Gasteiger partial charge in [-0.25, -0.2) is 0 Å². The van der Waals surface area contributed by atoms with E-state index in [-0.39, 0.29) is 0 Å². The second-order valence-electron chi connectivity index (χ2n) is 5.74. The van der Waals surface area contributed by atoms with E-state index in [1.807, 2.05) is 0 Å². The van der Waals surface area contributed by atoms with Crippen molar-refractivity contribution in [2.45, 2.75) is 14.2 Å². The van der Waals surface area contributed by atoms with Crippen LogP contribution in [0.4, 0.5) is 0 Å². The summed E-state index contributed by atoms with van der Waals surface area (Å²) in [6.07, 6.45) is 0. The number of hydrogen-bond acceptors (Lipinski definition) is 0. The van der Waals surface area contributed by atoms with Crippen LogP contribution in [0.1, 0.15) is 16.7 Å². The third-order valence-corrected chi connectivity index (χ3v) is 8.15. The Bertz CT molecular complexity index is 563. The summed E-state index contributed by atoms with van der Waals surface area (Å²) < 4.78 is 3.89. The van der Waals surface area contributed by atoms with Crippen molar-refractivity contribution in [1.29, 1.82) is 0 Å². The molecule has 0 radical (unpaired) electrons. The third-order valence-electron chi connectivity index (χ3n) is 3.89. The van der Waals surface area contributed by atoms with Gasteiger partial charge in [0.2, 0.25) is 0 Å². The van der Waals surface area contributed by atoms with Crippen LogP contribution in [-0.4, -0.2) is 0 Å². The summed E-state index contributed by atoms with van der Waals surface area (Å²) in [5.41, 5.74) is 4.51. The van der Waals surface area contributed by atoms with Crippen molar-refractivity contribution in [1.82, 2.24) is 0 Å². The molecule has 3 aromatic carbocycles. The first-order valence-corrected chi connectivity index (χ1v) is 11.2. The Kier molecular flexibility index (Phi) is 5.64. The van der Waals surface area contributed by atoms with Gasteiger partial charge < -0.3 is 0 Å². The van der Waals surface area contributed by atoms with Gasteiger partial charge in [0.25, 0.3) is 0 Å². The van der Waals surface area contributed by atoms with Crippen LogP contribution in [0, 0.1) is 0 Å². The average molecular weight is 321 g/mol. The fraction of sp³-hybridized carbons (Fsp3) is 0.143. The fourth-order valence-corrected chi connectivity index (χ4v) is 7.24. The summed E-state index contributed by atoms with van der Waals surface area (Å²) in [6, 6.07) is 33.0. The van der Waals surface area contributed by atoms with Crippen molar-refractivity contribution >= 4 is 0 Å². The number of hydrogen-bond donors (Lipinski definition) is 0. The monoisotopic (exact) mass is 321 g/mol. The predicted octanol–water partition coefficient (Wildman–Crippen LogP) is 5.21. The molecule has 0 unspecified atom stereocenters. The van der Waals surface area contributed by atoms with Gasteiger partial charge in [0.05, 0.1) is 0 Å². The third kappa shape index (κ3) is 4.69. The molecular formula is C21H21Ti. The minimum atomic E-state index is -1.22. The van der Waals surface area contributed by atoms with E-state index >= 15 is 0 Å². The van der Waals surface area contributed by atoms with Gasteiger partial charge in [-0.15, -0.1) is 0 Å². The summed E-state index contributed by atoms with van der Waals surface area (Å²) in [6.45, 7) is 0. The Hall–Kier alpha value is -1.63. The SMILES string of the molecule is c1ccc([CH2][Ti]([CH2]c2ccccc2)[CH2]c2ccccc2)cc1. The van der Waals surface area contributed by atoms with Crippen LogP contribution in [0.2, 0.25) is 0 Å². The molecule has 0 aliphatic carbocycles. The molecule has 0 aromatic heterocycles. The van der Waals surface area contributed by atoms with E-state index < -0.39 is 17.9 Å². The second kappa shape index (κ2) is 8.12. The van der Waals surface area contributed by atoms with Crippen molar-refractivity contribution in [3.05, 3.63) is 108 Å². The summed E-state index contributed by atoms with van der Waals surface area (Å²) in [4.78, 5) is 0. The van der Waals surface area contributed by atoms with Gasteiger partial charge in [-0.05, 0) is 0 Å². The van der Waals surface area contributed by atoms with Gasteiger partial charge in [-0.2, -0.15) is 0 Å². The molecule has 1 heteroatoms. The normalized spacial score (nSPS) is 10.4. The topological polar surface area (TPSA) is 0 Å². The molecule has 0 aliphatic rings. The Morgan fingerprint density at radius 2 is 0.682 bits per heavy atom. The molecule has 0 bridgehead atoms. The van der Waals surface area contributed by atoms with Crippen LogP contribution in [0.3, 0.4) is 0 Å². The van der Waals surface area contributed by atoms with Crippen LogP contribution in [0.25, 0.3) is 0 Å². The van der Waals surface area contributed by atoms with Crippen molar-refractivity contribution in [2.24, 2.45) is 0 Å². The molecule has 109 valence electrons. The zero-order valence-corrected chi connectivity index (χ0v) is 14.3. The van der Waals surface area contributed by atoms with Crippen LogP contribution >= 0.6 is 0 Å². The van der Waals surface area contributed by atoms with E-state index in [0.717, 1.165) is 0 Å². The summed E-state index contributed by atoms with van der Waals surface area (Å²) in [7, 11) is 0. The first kappa shape index (κ1) is 15.3. The Morgan fingerprint density at radius 3 is 0.955 bits per heavy atom. The standard InChI is InChI=1S/3C7H7.Ti/c3*1-7-5-3-2-4-6-7;/h3*2-6H,1H2;. The van der Waals surface area contributed by atoms with Crippen molar-refractivity contribution in [3.63, 3.8) is 0 Å².